The first-order valence-electron chi connectivity index (χ1n) is 14.9. The van der Waals surface area contributed by atoms with Crippen molar-refractivity contribution >= 4 is 17.0 Å². The van der Waals surface area contributed by atoms with Crippen molar-refractivity contribution in [2.24, 2.45) is 0 Å². The van der Waals surface area contributed by atoms with Crippen LogP contribution >= 0.6 is 0 Å². The first-order chi connectivity index (χ1) is 18.3. The molecule has 0 atom stereocenters. The highest BCUT2D eigenvalue weighted by Crippen LogP contribution is 2.22. The molecule has 1 aromatic carbocycles. The zero-order chi connectivity index (χ0) is 26.0. The lowest BCUT2D eigenvalue weighted by Crippen LogP contribution is -2.05. The van der Waals surface area contributed by atoms with Gasteiger partial charge >= 0.3 is 0 Å². The molecule has 0 fully saturated rings. The van der Waals surface area contributed by atoms with E-state index in [-0.39, 0.29) is 0 Å². The van der Waals surface area contributed by atoms with Crippen molar-refractivity contribution < 1.29 is 4.74 Å². The number of hydrogen-bond donors (Lipinski definition) is 1. The number of nitrogen functional groups attached to an aromatic ring is 1. The summed E-state index contributed by atoms with van der Waals surface area (Å²) in [4.78, 5) is 12.8. The van der Waals surface area contributed by atoms with Gasteiger partial charge in [-0.05, 0) is 24.5 Å². The second kappa shape index (κ2) is 17.9. The maximum atomic E-state index is 5.97. The summed E-state index contributed by atoms with van der Waals surface area (Å²) >= 11 is 0. The third-order valence-corrected chi connectivity index (χ3v) is 7.27. The summed E-state index contributed by atoms with van der Waals surface area (Å²) in [6.45, 7) is 3.86. The number of fused-ring (bicyclic) bond motifs is 1. The molecule has 6 heteroatoms. The summed E-state index contributed by atoms with van der Waals surface area (Å²) in [7, 11) is 0. The molecule has 0 aliphatic rings. The molecule has 0 unspecified atom stereocenters. The molecule has 0 amide bonds. The number of para-hydroxylation sites is 1. The van der Waals surface area contributed by atoms with E-state index in [2.05, 4.69) is 40.1 Å². The molecule has 0 aliphatic heterocycles. The van der Waals surface area contributed by atoms with Gasteiger partial charge in [0.05, 0.1) is 12.3 Å². The number of anilines is 1. The van der Waals surface area contributed by atoms with Gasteiger partial charge in [-0.3, -0.25) is 4.57 Å². The van der Waals surface area contributed by atoms with Crippen LogP contribution in [0.2, 0.25) is 0 Å². The molecule has 0 spiro atoms. The van der Waals surface area contributed by atoms with E-state index in [1.54, 1.807) is 6.33 Å². The fourth-order valence-corrected chi connectivity index (χ4v) is 5.02. The molecular weight excluding hydrogens is 458 g/mol. The van der Waals surface area contributed by atoms with Crippen molar-refractivity contribution in [3.05, 3.63) is 42.5 Å². The van der Waals surface area contributed by atoms with E-state index in [0.29, 0.717) is 11.3 Å². The highest BCUT2D eigenvalue weighted by molar-refractivity contribution is 5.82. The van der Waals surface area contributed by atoms with Crippen LogP contribution < -0.4 is 5.73 Å². The Balaban J connectivity index is 1.18. The van der Waals surface area contributed by atoms with Gasteiger partial charge in [-0.15, -0.1) is 0 Å². The zero-order valence-corrected chi connectivity index (χ0v) is 23.2. The van der Waals surface area contributed by atoms with Crippen LogP contribution in [0.1, 0.15) is 115 Å². The van der Waals surface area contributed by atoms with Crippen molar-refractivity contribution in [2.45, 2.75) is 116 Å². The van der Waals surface area contributed by atoms with Gasteiger partial charge < -0.3 is 10.5 Å². The lowest BCUT2D eigenvalue weighted by Gasteiger charge is -2.11. The molecule has 204 valence electrons. The molecule has 37 heavy (non-hydrogen) atoms. The molecule has 0 saturated heterocycles. The Bertz CT molecular complexity index is 1000. The largest absolute Gasteiger partial charge is 0.382 e. The number of rotatable bonds is 21. The number of nitrogens with zero attached hydrogens (tertiary/aromatic N) is 4. The van der Waals surface area contributed by atoms with Crippen LogP contribution in [0.15, 0.2) is 36.9 Å². The molecule has 0 radical (unpaired) electrons. The second-order valence-corrected chi connectivity index (χ2v) is 10.3. The smallest absolute Gasteiger partial charge is 0.170 e. The second-order valence-electron chi connectivity index (χ2n) is 10.3. The standard InChI is InChI=1S/C31H49N5O/c1-2-3-4-5-6-7-8-9-10-11-12-13-14-15-16-19-23-37-24-22-27-20-17-18-21-28(27)36-26-35-29-30(32)33-25-34-31(29)36/h17-18,20-21,25-26H,2-16,19,22-24H2,1H3,(H2,32,33,34). The van der Waals surface area contributed by atoms with E-state index in [1.807, 2.05) is 10.6 Å². The predicted octanol–water partition coefficient (Wildman–Crippen LogP) is 8.22. The summed E-state index contributed by atoms with van der Waals surface area (Å²) in [6, 6.07) is 8.33. The lowest BCUT2D eigenvalue weighted by molar-refractivity contribution is 0.133. The predicted molar refractivity (Wildman–Crippen MR) is 155 cm³/mol. The molecule has 3 aromatic rings. The topological polar surface area (TPSA) is 78.9 Å². The average Bonchev–Trinajstić information content (AvgIpc) is 3.35. The Kier molecular flexibility index (Phi) is 14.1. The molecule has 3 rings (SSSR count). The summed E-state index contributed by atoms with van der Waals surface area (Å²) in [6.07, 6.45) is 26.4. The maximum Gasteiger partial charge on any atom is 0.170 e. The van der Waals surface area contributed by atoms with E-state index < -0.39 is 0 Å². The Morgan fingerprint density at radius 3 is 1.95 bits per heavy atom. The van der Waals surface area contributed by atoms with Crippen LogP contribution in [0.5, 0.6) is 0 Å². The van der Waals surface area contributed by atoms with Crippen LogP contribution in [0.4, 0.5) is 5.82 Å². The number of nitrogens with two attached hydrogens (primary N) is 1. The van der Waals surface area contributed by atoms with Crippen molar-refractivity contribution in [3.63, 3.8) is 0 Å². The highest BCUT2D eigenvalue weighted by atomic mass is 16.5. The maximum absolute atomic E-state index is 5.97. The summed E-state index contributed by atoms with van der Waals surface area (Å²) in [5.74, 6) is 0.406. The molecular formula is C31H49N5O. The minimum Gasteiger partial charge on any atom is -0.382 e. The Labute approximate surface area is 224 Å². The van der Waals surface area contributed by atoms with Gasteiger partial charge in [0.2, 0.25) is 0 Å². The van der Waals surface area contributed by atoms with Crippen LogP contribution in [-0.4, -0.2) is 32.7 Å². The molecule has 0 saturated carbocycles. The fraction of sp³-hybridized carbons (Fsp3) is 0.645. The quantitative estimate of drug-likeness (QED) is 0.147. The number of hydrogen-bond acceptors (Lipinski definition) is 5. The Morgan fingerprint density at radius 1 is 0.703 bits per heavy atom. The third kappa shape index (κ3) is 10.4. The van der Waals surface area contributed by atoms with Gasteiger partial charge in [0.25, 0.3) is 0 Å². The van der Waals surface area contributed by atoms with Crippen LogP contribution in [-0.2, 0) is 11.2 Å². The van der Waals surface area contributed by atoms with E-state index in [1.165, 1.54) is 108 Å². The number of unbranched alkanes of at least 4 members (excludes halogenated alkanes) is 15. The van der Waals surface area contributed by atoms with Gasteiger partial charge in [-0.1, -0.05) is 121 Å². The number of ether oxygens (including phenoxy) is 1. The summed E-state index contributed by atoms with van der Waals surface area (Å²) < 4.78 is 7.95. The van der Waals surface area contributed by atoms with Gasteiger partial charge in [0.1, 0.15) is 12.7 Å². The van der Waals surface area contributed by atoms with Gasteiger partial charge in [-0.2, -0.15) is 0 Å². The van der Waals surface area contributed by atoms with Gasteiger partial charge in [-0.25, -0.2) is 15.0 Å². The number of benzene rings is 1. The zero-order valence-electron chi connectivity index (χ0n) is 23.2. The summed E-state index contributed by atoms with van der Waals surface area (Å²) in [5.41, 5.74) is 9.60. The van der Waals surface area contributed by atoms with Crippen molar-refractivity contribution in [1.29, 1.82) is 0 Å². The van der Waals surface area contributed by atoms with Crippen LogP contribution in [0.25, 0.3) is 16.9 Å². The monoisotopic (exact) mass is 507 g/mol. The molecule has 2 N–H and O–H groups in total. The third-order valence-electron chi connectivity index (χ3n) is 7.27. The van der Waals surface area contributed by atoms with Crippen LogP contribution in [0, 0.1) is 0 Å². The van der Waals surface area contributed by atoms with E-state index in [9.17, 15) is 0 Å². The van der Waals surface area contributed by atoms with E-state index in [0.717, 1.165) is 37.4 Å². The fourth-order valence-electron chi connectivity index (χ4n) is 5.02. The Morgan fingerprint density at radius 2 is 1.30 bits per heavy atom. The summed E-state index contributed by atoms with van der Waals surface area (Å²) in [5, 5.41) is 0. The van der Waals surface area contributed by atoms with E-state index in [4.69, 9.17) is 10.5 Å². The lowest BCUT2D eigenvalue weighted by atomic mass is 10.0. The minimum absolute atomic E-state index is 0.406. The van der Waals surface area contributed by atoms with Crippen LogP contribution in [0.3, 0.4) is 0 Å². The van der Waals surface area contributed by atoms with Crippen molar-refractivity contribution in [1.82, 2.24) is 19.5 Å². The number of imidazole rings is 1. The molecule has 6 nitrogen and oxygen atoms in total. The van der Waals surface area contributed by atoms with E-state index >= 15 is 0 Å². The Hall–Kier alpha value is -2.47. The molecule has 2 aromatic heterocycles. The highest BCUT2D eigenvalue weighted by Gasteiger charge is 2.12. The first-order valence-corrected chi connectivity index (χ1v) is 14.9. The minimum atomic E-state index is 0.406. The molecule has 0 aliphatic carbocycles. The van der Waals surface area contributed by atoms with Crippen molar-refractivity contribution in [3.8, 4) is 5.69 Å². The molecule has 0 bridgehead atoms. The SMILES string of the molecule is CCCCCCCCCCCCCCCCCCOCCc1ccccc1-n1cnc2c(N)ncnc21. The van der Waals surface area contributed by atoms with Gasteiger partial charge in [0.15, 0.2) is 17.0 Å². The molecule has 2 heterocycles. The van der Waals surface area contributed by atoms with Gasteiger partial charge in [0, 0.05) is 6.61 Å². The number of aromatic nitrogens is 4. The normalized spacial score (nSPS) is 11.5. The first kappa shape index (κ1) is 29.1. The average molecular weight is 508 g/mol. The van der Waals surface area contributed by atoms with Crippen molar-refractivity contribution in [2.75, 3.05) is 18.9 Å².